The maximum Gasteiger partial charge on any atom is 0.241 e. The Morgan fingerprint density at radius 2 is 1.85 bits per heavy atom. The Hall–Kier alpha value is -2.44. The van der Waals surface area contributed by atoms with Gasteiger partial charge in [-0.3, -0.25) is 0 Å². The predicted molar refractivity (Wildman–Crippen MR) is 101 cm³/mol. The van der Waals surface area contributed by atoms with Crippen LogP contribution in [0.5, 0.6) is 0 Å². The number of aromatic nitrogens is 2. The molecule has 0 amide bonds. The van der Waals surface area contributed by atoms with E-state index < -0.39 is 10.0 Å². The molecule has 3 aromatic rings. The molecular formula is C20H21N3O2S. The number of imidazole rings is 1. The Bertz CT molecular complexity index is 1010. The van der Waals surface area contributed by atoms with Gasteiger partial charge >= 0.3 is 0 Å². The highest BCUT2D eigenvalue weighted by Gasteiger charge is 2.21. The summed E-state index contributed by atoms with van der Waals surface area (Å²) in [5.41, 5.74) is 4.33. The first-order valence-electron chi connectivity index (χ1n) is 8.75. The van der Waals surface area contributed by atoms with Crippen molar-refractivity contribution in [2.75, 3.05) is 0 Å². The van der Waals surface area contributed by atoms with Crippen LogP contribution in [0.2, 0.25) is 0 Å². The average molecular weight is 367 g/mol. The number of aryl methyl sites for hydroxylation is 2. The van der Waals surface area contributed by atoms with Gasteiger partial charge in [-0.15, -0.1) is 0 Å². The average Bonchev–Trinajstić information content (AvgIpc) is 3.32. The Morgan fingerprint density at radius 1 is 1.08 bits per heavy atom. The minimum atomic E-state index is -3.55. The number of hydrogen-bond acceptors (Lipinski definition) is 3. The van der Waals surface area contributed by atoms with Gasteiger partial charge in [-0.1, -0.05) is 18.2 Å². The van der Waals surface area contributed by atoms with E-state index >= 15 is 0 Å². The first kappa shape index (κ1) is 17.0. The molecule has 0 unspecified atom stereocenters. The second-order valence-corrected chi connectivity index (χ2v) is 8.40. The third-order valence-electron chi connectivity index (χ3n) is 4.91. The highest BCUT2D eigenvalue weighted by atomic mass is 32.2. The summed E-state index contributed by atoms with van der Waals surface area (Å²) in [4.78, 5) is 4.38. The fraction of sp³-hybridized carbons (Fsp3) is 0.250. The standard InChI is InChI=1S/C20H21N3O2S/c1-15(16-5-8-19(9-6-16)23-12-11-21-14-23)22-26(24,25)20-10-7-17-3-2-4-18(17)13-20/h5-15,22H,2-4H2,1H3/t15-/m1/s1. The van der Waals surface area contributed by atoms with E-state index in [1.54, 1.807) is 18.6 Å². The molecule has 0 fully saturated rings. The van der Waals surface area contributed by atoms with Crippen LogP contribution in [0.15, 0.2) is 66.1 Å². The lowest BCUT2D eigenvalue weighted by atomic mass is 10.1. The molecule has 0 spiro atoms. The first-order valence-corrected chi connectivity index (χ1v) is 10.2. The normalized spacial score (nSPS) is 15.0. The first-order chi connectivity index (χ1) is 12.5. The van der Waals surface area contributed by atoms with E-state index in [0.29, 0.717) is 4.90 Å². The van der Waals surface area contributed by atoms with Crippen molar-refractivity contribution in [1.82, 2.24) is 14.3 Å². The molecule has 0 radical (unpaired) electrons. The van der Waals surface area contributed by atoms with Crippen LogP contribution in [0.1, 0.15) is 36.1 Å². The van der Waals surface area contributed by atoms with Gasteiger partial charge in [-0.25, -0.2) is 18.1 Å². The number of hydrogen-bond donors (Lipinski definition) is 1. The maximum atomic E-state index is 12.7. The van der Waals surface area contributed by atoms with Gasteiger partial charge in [-0.05, 0) is 67.1 Å². The summed E-state index contributed by atoms with van der Waals surface area (Å²) in [7, 11) is -3.55. The third kappa shape index (κ3) is 3.30. The second kappa shape index (κ2) is 6.70. The number of benzene rings is 2. The van der Waals surface area contributed by atoms with E-state index in [9.17, 15) is 8.42 Å². The number of sulfonamides is 1. The molecule has 0 aliphatic heterocycles. The topological polar surface area (TPSA) is 64.0 Å². The largest absolute Gasteiger partial charge is 0.306 e. The molecule has 1 N–H and O–H groups in total. The fourth-order valence-electron chi connectivity index (χ4n) is 3.43. The molecule has 1 heterocycles. The molecule has 1 aromatic heterocycles. The Kier molecular flexibility index (Phi) is 4.38. The van der Waals surface area contributed by atoms with Gasteiger partial charge in [0.1, 0.15) is 0 Å². The minimum absolute atomic E-state index is 0.315. The van der Waals surface area contributed by atoms with Crippen LogP contribution >= 0.6 is 0 Å². The van der Waals surface area contributed by atoms with Crippen molar-refractivity contribution in [1.29, 1.82) is 0 Å². The van der Waals surface area contributed by atoms with Gasteiger partial charge in [0.05, 0.1) is 11.2 Å². The Labute approximate surface area is 153 Å². The zero-order chi connectivity index (χ0) is 18.1. The molecule has 1 aliphatic rings. The van der Waals surface area contributed by atoms with Crippen molar-refractivity contribution in [3.63, 3.8) is 0 Å². The molecule has 1 atom stereocenters. The van der Waals surface area contributed by atoms with E-state index in [-0.39, 0.29) is 6.04 Å². The summed E-state index contributed by atoms with van der Waals surface area (Å²) in [6, 6.07) is 12.9. The summed E-state index contributed by atoms with van der Waals surface area (Å²) in [6.45, 7) is 1.86. The molecule has 4 rings (SSSR count). The zero-order valence-electron chi connectivity index (χ0n) is 14.6. The molecule has 2 aromatic carbocycles. The van der Waals surface area contributed by atoms with Gasteiger partial charge in [0.15, 0.2) is 0 Å². The lowest BCUT2D eigenvalue weighted by Crippen LogP contribution is -2.27. The monoisotopic (exact) mass is 367 g/mol. The molecule has 1 aliphatic carbocycles. The van der Waals surface area contributed by atoms with Crippen LogP contribution in [-0.2, 0) is 22.9 Å². The molecule has 134 valence electrons. The number of nitrogens with one attached hydrogen (secondary N) is 1. The lowest BCUT2D eigenvalue weighted by Gasteiger charge is -2.16. The highest BCUT2D eigenvalue weighted by molar-refractivity contribution is 7.89. The molecule has 0 saturated carbocycles. The summed E-state index contributed by atoms with van der Waals surface area (Å²) < 4.78 is 30.2. The highest BCUT2D eigenvalue weighted by Crippen LogP contribution is 2.26. The van der Waals surface area contributed by atoms with E-state index in [1.165, 1.54) is 5.56 Å². The maximum absolute atomic E-state index is 12.7. The summed E-state index contributed by atoms with van der Waals surface area (Å²) in [5, 5.41) is 0. The SMILES string of the molecule is C[C@@H](NS(=O)(=O)c1ccc2c(c1)CCC2)c1ccc(-n2ccnc2)cc1. The Balaban J connectivity index is 1.52. The van der Waals surface area contributed by atoms with Gasteiger partial charge in [-0.2, -0.15) is 0 Å². The summed E-state index contributed by atoms with van der Waals surface area (Å²) in [6.07, 6.45) is 8.43. The molecule has 26 heavy (non-hydrogen) atoms. The molecule has 0 saturated heterocycles. The summed E-state index contributed by atoms with van der Waals surface area (Å²) in [5.74, 6) is 0. The van der Waals surface area contributed by atoms with Gasteiger partial charge in [0.25, 0.3) is 0 Å². The second-order valence-electron chi connectivity index (χ2n) is 6.69. The molecule has 0 bridgehead atoms. The lowest BCUT2D eigenvalue weighted by molar-refractivity contribution is 0.567. The van der Waals surface area contributed by atoms with Gasteiger partial charge in [0, 0.05) is 24.1 Å². The van der Waals surface area contributed by atoms with Crippen LogP contribution in [-0.4, -0.2) is 18.0 Å². The van der Waals surface area contributed by atoms with Crippen molar-refractivity contribution >= 4 is 10.0 Å². The molecule has 5 nitrogen and oxygen atoms in total. The van der Waals surface area contributed by atoms with Crippen LogP contribution in [0, 0.1) is 0 Å². The smallest absolute Gasteiger partial charge is 0.241 e. The van der Waals surface area contributed by atoms with Crippen molar-refractivity contribution < 1.29 is 8.42 Å². The van der Waals surface area contributed by atoms with E-state index in [0.717, 1.165) is 36.1 Å². The third-order valence-corrected chi connectivity index (χ3v) is 6.45. The van der Waals surface area contributed by atoms with Gasteiger partial charge in [0.2, 0.25) is 10.0 Å². The van der Waals surface area contributed by atoms with Crippen LogP contribution in [0.25, 0.3) is 5.69 Å². The van der Waals surface area contributed by atoms with Crippen LogP contribution in [0.4, 0.5) is 0 Å². The van der Waals surface area contributed by atoms with Crippen LogP contribution in [0.3, 0.4) is 0 Å². The number of rotatable bonds is 5. The van der Waals surface area contributed by atoms with E-state index in [2.05, 4.69) is 9.71 Å². The predicted octanol–water partition coefficient (Wildman–Crippen LogP) is 3.40. The van der Waals surface area contributed by atoms with E-state index in [1.807, 2.05) is 54.1 Å². The van der Waals surface area contributed by atoms with Crippen LogP contribution < -0.4 is 4.72 Å². The Morgan fingerprint density at radius 3 is 2.58 bits per heavy atom. The number of nitrogens with zero attached hydrogens (tertiary/aromatic N) is 2. The zero-order valence-corrected chi connectivity index (χ0v) is 15.4. The van der Waals surface area contributed by atoms with Crippen molar-refractivity contribution in [2.24, 2.45) is 0 Å². The van der Waals surface area contributed by atoms with Crippen molar-refractivity contribution in [2.45, 2.75) is 37.1 Å². The van der Waals surface area contributed by atoms with Crippen molar-refractivity contribution in [3.8, 4) is 5.69 Å². The number of fused-ring (bicyclic) bond motifs is 1. The van der Waals surface area contributed by atoms with Crippen molar-refractivity contribution in [3.05, 3.63) is 77.9 Å². The minimum Gasteiger partial charge on any atom is -0.306 e. The summed E-state index contributed by atoms with van der Waals surface area (Å²) >= 11 is 0. The quantitative estimate of drug-likeness (QED) is 0.752. The van der Waals surface area contributed by atoms with E-state index in [4.69, 9.17) is 0 Å². The van der Waals surface area contributed by atoms with Gasteiger partial charge < -0.3 is 4.57 Å². The molecule has 6 heteroatoms. The fourth-order valence-corrected chi connectivity index (χ4v) is 4.71. The molecular weight excluding hydrogens is 346 g/mol.